The summed E-state index contributed by atoms with van der Waals surface area (Å²) in [5.74, 6) is 4.30. The molecule has 12 heavy (non-hydrogen) atoms. The molecule has 1 aromatic rings. The second kappa shape index (κ2) is 3.28. The number of hydrazine groups is 1. The Kier molecular flexibility index (Phi) is 2.36. The number of nitrogens with one attached hydrogen (secondary N) is 1. The molecular weight excluding hydrogens is 182 g/mol. The van der Waals surface area contributed by atoms with Gasteiger partial charge in [-0.3, -0.25) is 20.3 Å². The van der Waals surface area contributed by atoms with E-state index in [1.807, 2.05) is 5.43 Å². The highest BCUT2D eigenvalue weighted by atomic mass is 32.1. The van der Waals surface area contributed by atoms with Crippen LogP contribution >= 0.6 is 11.3 Å². The summed E-state index contributed by atoms with van der Waals surface area (Å²) in [4.78, 5) is 20.4. The first kappa shape index (κ1) is 8.62. The fourth-order valence-corrected chi connectivity index (χ4v) is 1.33. The third-order valence-electron chi connectivity index (χ3n) is 1.16. The molecule has 0 saturated heterocycles. The van der Waals surface area contributed by atoms with E-state index in [9.17, 15) is 14.9 Å². The third kappa shape index (κ3) is 1.57. The van der Waals surface area contributed by atoms with E-state index in [-0.39, 0.29) is 10.6 Å². The maximum atomic E-state index is 10.8. The van der Waals surface area contributed by atoms with E-state index in [0.29, 0.717) is 0 Å². The number of nitrogens with zero attached hydrogens (tertiary/aromatic N) is 1. The van der Waals surface area contributed by atoms with Gasteiger partial charge in [-0.1, -0.05) is 11.3 Å². The van der Waals surface area contributed by atoms with Gasteiger partial charge in [-0.25, -0.2) is 5.84 Å². The van der Waals surface area contributed by atoms with Crippen molar-refractivity contribution in [1.29, 1.82) is 0 Å². The summed E-state index contributed by atoms with van der Waals surface area (Å²) in [6.07, 6.45) is 0. The summed E-state index contributed by atoms with van der Waals surface area (Å²) in [6, 6.07) is 1.17. The second-order valence-corrected chi connectivity index (χ2v) is 2.79. The summed E-state index contributed by atoms with van der Waals surface area (Å²) in [5.41, 5.74) is 2.08. The van der Waals surface area contributed by atoms with Gasteiger partial charge in [0, 0.05) is 11.4 Å². The zero-order valence-corrected chi connectivity index (χ0v) is 6.63. The Morgan fingerprint density at radius 1 is 1.75 bits per heavy atom. The number of nitrogen functional groups attached to an aromatic ring is 1. The Bertz CT molecular complexity index is 321. The van der Waals surface area contributed by atoms with Crippen molar-refractivity contribution in [3.63, 3.8) is 0 Å². The van der Waals surface area contributed by atoms with Gasteiger partial charge in [-0.05, 0) is 0 Å². The molecule has 1 rings (SSSR count). The van der Waals surface area contributed by atoms with Crippen molar-refractivity contribution in [2.75, 3.05) is 0 Å². The van der Waals surface area contributed by atoms with Crippen LogP contribution in [0.3, 0.4) is 0 Å². The molecule has 3 N–H and O–H groups in total. The maximum Gasteiger partial charge on any atom is 0.324 e. The van der Waals surface area contributed by atoms with E-state index in [0.717, 1.165) is 11.3 Å². The number of nitrogens with two attached hydrogens (primary N) is 1. The molecule has 0 bridgehead atoms. The van der Waals surface area contributed by atoms with Crippen molar-refractivity contribution in [1.82, 2.24) is 5.43 Å². The average molecular weight is 187 g/mol. The van der Waals surface area contributed by atoms with Crippen LogP contribution < -0.4 is 11.3 Å². The van der Waals surface area contributed by atoms with E-state index in [2.05, 4.69) is 0 Å². The number of rotatable bonds is 2. The van der Waals surface area contributed by atoms with Gasteiger partial charge < -0.3 is 0 Å². The lowest BCUT2D eigenvalue weighted by molar-refractivity contribution is -0.380. The highest BCUT2D eigenvalue weighted by Gasteiger charge is 2.13. The molecule has 0 atom stereocenters. The van der Waals surface area contributed by atoms with Gasteiger partial charge >= 0.3 is 5.00 Å². The van der Waals surface area contributed by atoms with Crippen LogP contribution in [0.4, 0.5) is 5.00 Å². The van der Waals surface area contributed by atoms with Gasteiger partial charge in [0.05, 0.1) is 10.5 Å². The number of carbonyl (C=O) groups excluding carboxylic acids is 1. The monoisotopic (exact) mass is 187 g/mol. The van der Waals surface area contributed by atoms with E-state index >= 15 is 0 Å². The first-order valence-electron chi connectivity index (χ1n) is 2.89. The van der Waals surface area contributed by atoms with Crippen molar-refractivity contribution in [3.8, 4) is 0 Å². The lowest BCUT2D eigenvalue weighted by Gasteiger charge is -1.90. The molecule has 0 aliphatic rings. The minimum Gasteiger partial charge on any atom is -0.290 e. The van der Waals surface area contributed by atoms with Gasteiger partial charge in [-0.2, -0.15) is 0 Å². The van der Waals surface area contributed by atoms with Crippen LogP contribution in [0.5, 0.6) is 0 Å². The SMILES string of the molecule is NNC(=O)c1csc([N+](=O)[O-])c1. The number of amides is 1. The first-order valence-corrected chi connectivity index (χ1v) is 3.77. The normalized spacial score (nSPS) is 9.42. The highest BCUT2D eigenvalue weighted by Crippen LogP contribution is 2.21. The Balaban J connectivity index is 2.91. The average Bonchev–Trinajstić information content (AvgIpc) is 2.51. The molecule has 1 amide bonds. The van der Waals surface area contributed by atoms with Gasteiger partial charge in [0.1, 0.15) is 0 Å². The van der Waals surface area contributed by atoms with Crippen LogP contribution in [-0.4, -0.2) is 10.8 Å². The molecule has 0 radical (unpaired) electrons. The second-order valence-electron chi connectivity index (χ2n) is 1.90. The van der Waals surface area contributed by atoms with Crippen molar-refractivity contribution in [3.05, 3.63) is 27.1 Å². The molecule has 1 heterocycles. The maximum absolute atomic E-state index is 10.8. The number of nitro groups is 1. The third-order valence-corrected chi connectivity index (χ3v) is 2.04. The van der Waals surface area contributed by atoms with Crippen LogP contribution in [0.1, 0.15) is 10.4 Å². The predicted molar refractivity (Wildman–Crippen MR) is 42.6 cm³/mol. The molecule has 0 saturated carbocycles. The van der Waals surface area contributed by atoms with Crippen molar-refractivity contribution < 1.29 is 9.72 Å². The molecule has 0 aliphatic heterocycles. The van der Waals surface area contributed by atoms with Crippen molar-refractivity contribution in [2.24, 2.45) is 5.84 Å². The van der Waals surface area contributed by atoms with Crippen LogP contribution in [0.25, 0.3) is 0 Å². The lowest BCUT2D eigenvalue weighted by atomic mass is 10.3. The minimum atomic E-state index is -0.558. The zero-order chi connectivity index (χ0) is 9.14. The molecule has 1 aromatic heterocycles. The molecule has 0 unspecified atom stereocenters. The van der Waals surface area contributed by atoms with E-state index in [1.54, 1.807) is 0 Å². The Labute approximate surface area is 71.1 Å². The molecule has 64 valence electrons. The number of hydrogen-bond acceptors (Lipinski definition) is 5. The van der Waals surface area contributed by atoms with Crippen molar-refractivity contribution in [2.45, 2.75) is 0 Å². The van der Waals surface area contributed by atoms with Gasteiger partial charge in [0.25, 0.3) is 5.91 Å². The van der Waals surface area contributed by atoms with E-state index in [1.165, 1.54) is 11.4 Å². The number of hydrogen-bond donors (Lipinski definition) is 2. The largest absolute Gasteiger partial charge is 0.324 e. The summed E-state index contributed by atoms with van der Waals surface area (Å²) in [7, 11) is 0. The minimum absolute atomic E-state index is 0.0754. The Hall–Kier alpha value is -1.47. The first-order chi connectivity index (χ1) is 5.65. The van der Waals surface area contributed by atoms with Crippen LogP contribution in [0.15, 0.2) is 11.4 Å². The molecule has 6 nitrogen and oxygen atoms in total. The molecular formula is C5H5N3O3S. The van der Waals surface area contributed by atoms with Gasteiger partial charge in [0.2, 0.25) is 0 Å². The Morgan fingerprint density at radius 3 is 2.83 bits per heavy atom. The molecule has 0 fully saturated rings. The quantitative estimate of drug-likeness (QED) is 0.300. The lowest BCUT2D eigenvalue weighted by Crippen LogP contribution is -2.29. The fraction of sp³-hybridized carbons (Fsp3) is 0. The standard InChI is InChI=1S/C5H5N3O3S/c6-7-5(9)3-1-4(8(10)11)12-2-3/h1-2H,6H2,(H,7,9). The van der Waals surface area contributed by atoms with Gasteiger partial charge in [-0.15, -0.1) is 0 Å². The van der Waals surface area contributed by atoms with E-state index < -0.39 is 10.8 Å². The summed E-state index contributed by atoms with van der Waals surface area (Å²) < 4.78 is 0. The fourth-order valence-electron chi connectivity index (χ4n) is 0.623. The zero-order valence-electron chi connectivity index (χ0n) is 5.81. The number of thiophene rings is 1. The van der Waals surface area contributed by atoms with Crippen LogP contribution in [0, 0.1) is 10.1 Å². The topological polar surface area (TPSA) is 98.3 Å². The highest BCUT2D eigenvalue weighted by molar-refractivity contribution is 7.13. The molecule has 7 heteroatoms. The molecule has 0 aromatic carbocycles. The van der Waals surface area contributed by atoms with Crippen LogP contribution in [0.2, 0.25) is 0 Å². The molecule has 0 aliphatic carbocycles. The summed E-state index contributed by atoms with van der Waals surface area (Å²) in [6.45, 7) is 0. The van der Waals surface area contributed by atoms with E-state index in [4.69, 9.17) is 5.84 Å². The van der Waals surface area contributed by atoms with Crippen LogP contribution in [-0.2, 0) is 0 Å². The summed E-state index contributed by atoms with van der Waals surface area (Å²) in [5, 5.41) is 11.5. The van der Waals surface area contributed by atoms with Gasteiger partial charge in [0.15, 0.2) is 0 Å². The van der Waals surface area contributed by atoms with Crippen molar-refractivity contribution >= 4 is 22.2 Å². The smallest absolute Gasteiger partial charge is 0.290 e. The summed E-state index contributed by atoms with van der Waals surface area (Å²) >= 11 is 0.886. The molecule has 0 spiro atoms. The Morgan fingerprint density at radius 2 is 2.42 bits per heavy atom. The number of carbonyl (C=O) groups is 1. The predicted octanol–water partition coefficient (Wildman–Crippen LogP) is 0.260.